The lowest BCUT2D eigenvalue weighted by Gasteiger charge is -2.07. The van der Waals surface area contributed by atoms with Crippen LogP contribution in [0.3, 0.4) is 0 Å². The molecule has 0 aliphatic carbocycles. The molecular formula is C12H13BrN2O. The number of alkyl halides is 1. The number of pyridine rings is 1. The van der Waals surface area contributed by atoms with Gasteiger partial charge < -0.3 is 0 Å². The Hall–Kier alpha value is -1.16. The molecule has 0 aliphatic rings. The van der Waals surface area contributed by atoms with E-state index in [9.17, 15) is 4.79 Å². The quantitative estimate of drug-likeness (QED) is 0.791. The van der Waals surface area contributed by atoms with E-state index in [1.54, 1.807) is 10.6 Å². The number of fused-ring (bicyclic) bond motifs is 1. The fraction of sp³-hybridized carbons (Fsp3) is 0.333. The summed E-state index contributed by atoms with van der Waals surface area (Å²) in [7, 11) is 0. The third-order valence-electron chi connectivity index (χ3n) is 2.63. The lowest BCUT2D eigenvalue weighted by Crippen LogP contribution is -2.21. The molecule has 4 heteroatoms. The summed E-state index contributed by atoms with van der Waals surface area (Å²) < 4.78 is 1.61. The summed E-state index contributed by atoms with van der Waals surface area (Å²) >= 11 is 3.35. The summed E-state index contributed by atoms with van der Waals surface area (Å²) in [4.78, 5) is 16.6. The van der Waals surface area contributed by atoms with Crippen molar-refractivity contribution in [2.24, 2.45) is 0 Å². The number of halogens is 1. The highest BCUT2D eigenvalue weighted by molar-refractivity contribution is 9.09. The minimum Gasteiger partial charge on any atom is -0.269 e. The summed E-state index contributed by atoms with van der Waals surface area (Å²) in [5.74, 6) is 0. The predicted octanol–water partition coefficient (Wildman–Crippen LogP) is 2.25. The van der Waals surface area contributed by atoms with Gasteiger partial charge in [-0.1, -0.05) is 15.9 Å². The van der Waals surface area contributed by atoms with Crippen LogP contribution in [0, 0.1) is 13.8 Å². The second-order valence-electron chi connectivity index (χ2n) is 3.85. The first-order valence-electron chi connectivity index (χ1n) is 5.18. The first-order valence-corrected chi connectivity index (χ1v) is 6.30. The van der Waals surface area contributed by atoms with Crippen molar-refractivity contribution in [3.05, 3.63) is 45.5 Å². The Balaban J connectivity index is 2.78. The molecule has 84 valence electrons. The van der Waals surface area contributed by atoms with Gasteiger partial charge in [0.2, 0.25) is 0 Å². The van der Waals surface area contributed by atoms with Crippen LogP contribution in [0.15, 0.2) is 23.1 Å². The largest absolute Gasteiger partial charge is 0.269 e. The first kappa shape index (κ1) is 11.3. The van der Waals surface area contributed by atoms with Crippen LogP contribution in [0.5, 0.6) is 0 Å². The number of aromatic nitrogens is 2. The topological polar surface area (TPSA) is 34.4 Å². The van der Waals surface area contributed by atoms with E-state index in [-0.39, 0.29) is 5.56 Å². The van der Waals surface area contributed by atoms with E-state index in [2.05, 4.69) is 20.9 Å². The highest BCUT2D eigenvalue weighted by Gasteiger charge is 2.08. The molecule has 2 rings (SSSR count). The monoisotopic (exact) mass is 280 g/mol. The Morgan fingerprint density at radius 3 is 2.88 bits per heavy atom. The average Bonchev–Trinajstić information content (AvgIpc) is 2.23. The van der Waals surface area contributed by atoms with Crippen molar-refractivity contribution >= 4 is 21.6 Å². The molecule has 2 heterocycles. The Kier molecular flexibility index (Phi) is 3.10. The van der Waals surface area contributed by atoms with Gasteiger partial charge in [-0.05, 0) is 38.0 Å². The van der Waals surface area contributed by atoms with Crippen LogP contribution in [0.2, 0.25) is 0 Å². The molecule has 0 aromatic carbocycles. The molecule has 0 unspecified atom stereocenters. The maximum Gasteiger partial charge on any atom is 0.261 e. The summed E-state index contributed by atoms with van der Waals surface area (Å²) in [6.45, 7) is 3.88. The highest BCUT2D eigenvalue weighted by atomic mass is 79.9. The molecule has 2 aromatic heterocycles. The number of hydrogen-bond donors (Lipinski definition) is 0. The van der Waals surface area contributed by atoms with Crippen LogP contribution in [0.4, 0.5) is 0 Å². The number of hydrogen-bond acceptors (Lipinski definition) is 2. The van der Waals surface area contributed by atoms with Gasteiger partial charge in [0, 0.05) is 22.8 Å². The Morgan fingerprint density at radius 1 is 1.44 bits per heavy atom. The van der Waals surface area contributed by atoms with Gasteiger partial charge >= 0.3 is 0 Å². The second kappa shape index (κ2) is 4.37. The maximum atomic E-state index is 12.2. The zero-order valence-corrected chi connectivity index (χ0v) is 10.9. The number of rotatable bonds is 2. The fourth-order valence-corrected chi connectivity index (χ4v) is 2.17. The van der Waals surface area contributed by atoms with E-state index >= 15 is 0 Å². The van der Waals surface area contributed by atoms with Crippen molar-refractivity contribution in [2.45, 2.75) is 20.3 Å². The highest BCUT2D eigenvalue weighted by Crippen LogP contribution is 2.07. The molecule has 2 aromatic rings. The van der Waals surface area contributed by atoms with E-state index in [4.69, 9.17) is 0 Å². The minimum atomic E-state index is 0.0435. The smallest absolute Gasteiger partial charge is 0.261 e. The van der Waals surface area contributed by atoms with Crippen LogP contribution >= 0.6 is 15.9 Å². The standard InChI is InChI=1S/C12H13BrN2O/c1-8-4-6-15-11(7-8)14-9(2)10(3-5-13)12(15)16/h4,6-7H,3,5H2,1-2H3. The second-order valence-corrected chi connectivity index (χ2v) is 4.65. The third-order valence-corrected chi connectivity index (χ3v) is 3.03. The Labute approximate surface area is 102 Å². The molecule has 0 N–H and O–H groups in total. The zero-order chi connectivity index (χ0) is 11.7. The number of aryl methyl sites for hydroxylation is 2. The van der Waals surface area contributed by atoms with Gasteiger partial charge in [-0.25, -0.2) is 4.98 Å². The van der Waals surface area contributed by atoms with Crippen molar-refractivity contribution in [1.29, 1.82) is 0 Å². The van der Waals surface area contributed by atoms with E-state index < -0.39 is 0 Å². The molecule has 0 saturated carbocycles. The Bertz CT molecular complexity index is 589. The summed E-state index contributed by atoms with van der Waals surface area (Å²) in [6, 6.07) is 3.84. The minimum absolute atomic E-state index is 0.0435. The van der Waals surface area contributed by atoms with E-state index in [0.717, 1.165) is 27.8 Å². The van der Waals surface area contributed by atoms with Crippen LogP contribution in [0.1, 0.15) is 16.8 Å². The molecule has 0 spiro atoms. The van der Waals surface area contributed by atoms with Gasteiger partial charge in [0.05, 0.1) is 0 Å². The van der Waals surface area contributed by atoms with Crippen molar-refractivity contribution < 1.29 is 0 Å². The van der Waals surface area contributed by atoms with Crippen molar-refractivity contribution in [3.63, 3.8) is 0 Å². The fourth-order valence-electron chi connectivity index (χ4n) is 1.77. The summed E-state index contributed by atoms with van der Waals surface area (Å²) in [6.07, 6.45) is 2.51. The SMILES string of the molecule is Cc1ccn2c(=O)c(CCBr)c(C)nc2c1. The van der Waals surface area contributed by atoms with Crippen molar-refractivity contribution in [3.8, 4) is 0 Å². The van der Waals surface area contributed by atoms with E-state index in [1.807, 2.05) is 26.0 Å². The third kappa shape index (κ3) is 1.89. The van der Waals surface area contributed by atoms with Crippen LogP contribution in [-0.4, -0.2) is 14.7 Å². The molecule has 0 saturated heterocycles. The molecule has 16 heavy (non-hydrogen) atoms. The molecule has 0 amide bonds. The normalized spacial score (nSPS) is 10.9. The van der Waals surface area contributed by atoms with Crippen molar-refractivity contribution in [1.82, 2.24) is 9.38 Å². The van der Waals surface area contributed by atoms with Crippen LogP contribution < -0.4 is 5.56 Å². The first-order chi connectivity index (χ1) is 7.63. The lowest BCUT2D eigenvalue weighted by molar-refractivity contribution is 0.940. The molecule has 3 nitrogen and oxygen atoms in total. The summed E-state index contributed by atoms with van der Waals surface area (Å²) in [5, 5.41) is 0.780. The van der Waals surface area contributed by atoms with Gasteiger partial charge in [-0.2, -0.15) is 0 Å². The number of nitrogens with zero attached hydrogens (tertiary/aromatic N) is 2. The molecule has 0 fully saturated rings. The van der Waals surface area contributed by atoms with Gasteiger partial charge in [0.1, 0.15) is 5.65 Å². The lowest BCUT2D eigenvalue weighted by atomic mass is 10.2. The maximum absolute atomic E-state index is 12.2. The molecule has 0 bridgehead atoms. The van der Waals surface area contributed by atoms with Crippen LogP contribution in [0.25, 0.3) is 5.65 Å². The predicted molar refractivity (Wildman–Crippen MR) is 68.4 cm³/mol. The molecule has 0 radical (unpaired) electrons. The van der Waals surface area contributed by atoms with Gasteiger partial charge in [-0.15, -0.1) is 0 Å². The zero-order valence-electron chi connectivity index (χ0n) is 9.33. The van der Waals surface area contributed by atoms with Crippen LogP contribution in [-0.2, 0) is 6.42 Å². The van der Waals surface area contributed by atoms with Gasteiger partial charge in [0.25, 0.3) is 5.56 Å². The summed E-state index contributed by atoms with van der Waals surface area (Å²) in [5.41, 5.74) is 3.50. The average molecular weight is 281 g/mol. The van der Waals surface area contributed by atoms with E-state index in [1.165, 1.54) is 0 Å². The molecular weight excluding hydrogens is 268 g/mol. The van der Waals surface area contributed by atoms with E-state index in [0.29, 0.717) is 6.42 Å². The Morgan fingerprint density at radius 2 is 2.19 bits per heavy atom. The molecule has 0 aliphatic heterocycles. The van der Waals surface area contributed by atoms with Crippen molar-refractivity contribution in [2.75, 3.05) is 5.33 Å². The van der Waals surface area contributed by atoms with Gasteiger partial charge in [-0.3, -0.25) is 9.20 Å². The van der Waals surface area contributed by atoms with Gasteiger partial charge in [0.15, 0.2) is 0 Å². The molecule has 0 atom stereocenters.